The highest BCUT2D eigenvalue weighted by molar-refractivity contribution is 5.93. The summed E-state index contributed by atoms with van der Waals surface area (Å²) in [6, 6.07) is 1.68. The first-order chi connectivity index (χ1) is 10.2. The Morgan fingerprint density at radius 1 is 1.52 bits per heavy atom. The van der Waals surface area contributed by atoms with Crippen LogP contribution in [-0.2, 0) is 4.74 Å². The fourth-order valence-corrected chi connectivity index (χ4v) is 3.52. The first-order valence-electron chi connectivity index (χ1n) is 7.48. The molecule has 1 amide bonds. The van der Waals surface area contributed by atoms with Crippen molar-refractivity contribution in [2.45, 2.75) is 31.5 Å². The van der Waals surface area contributed by atoms with E-state index in [1.54, 1.807) is 6.07 Å². The van der Waals surface area contributed by atoms with Crippen LogP contribution in [0, 0.1) is 5.41 Å². The molecular formula is C15H22N2O4. The van der Waals surface area contributed by atoms with Crippen LogP contribution in [0.2, 0.25) is 0 Å². The molecule has 0 unspecified atom stereocenters. The predicted octanol–water partition coefficient (Wildman–Crippen LogP) is 0.610. The summed E-state index contributed by atoms with van der Waals surface area (Å²) in [7, 11) is 0. The number of piperidine rings is 1. The lowest BCUT2D eigenvalue weighted by Gasteiger charge is -2.56. The highest BCUT2D eigenvalue weighted by atomic mass is 16.5. The number of carbonyl (C=O) groups excluding carboxylic acids is 1. The van der Waals surface area contributed by atoms with Gasteiger partial charge in [0, 0.05) is 31.5 Å². The Labute approximate surface area is 123 Å². The third-order valence-corrected chi connectivity index (χ3v) is 4.93. The van der Waals surface area contributed by atoms with Crippen LogP contribution in [0.4, 0.5) is 0 Å². The Balaban J connectivity index is 1.60. The van der Waals surface area contributed by atoms with Gasteiger partial charge < -0.3 is 24.9 Å². The van der Waals surface area contributed by atoms with Crippen LogP contribution in [0.1, 0.15) is 29.6 Å². The van der Waals surface area contributed by atoms with E-state index in [-0.39, 0.29) is 23.5 Å². The van der Waals surface area contributed by atoms with Gasteiger partial charge in [0.2, 0.25) is 0 Å². The van der Waals surface area contributed by atoms with Gasteiger partial charge >= 0.3 is 0 Å². The normalized spacial score (nSPS) is 27.6. The Hall–Kier alpha value is -1.37. The summed E-state index contributed by atoms with van der Waals surface area (Å²) < 4.78 is 10.7. The minimum Gasteiger partial charge on any atom is -0.472 e. The van der Waals surface area contributed by atoms with Crippen LogP contribution < -0.4 is 5.73 Å². The average Bonchev–Trinajstić information content (AvgIpc) is 3.05. The monoisotopic (exact) mass is 294 g/mol. The van der Waals surface area contributed by atoms with Gasteiger partial charge in [-0.05, 0) is 18.9 Å². The lowest BCUT2D eigenvalue weighted by molar-refractivity contribution is -0.207. The van der Waals surface area contributed by atoms with Crippen LogP contribution >= 0.6 is 0 Å². The van der Waals surface area contributed by atoms with Crippen LogP contribution in [0.3, 0.4) is 0 Å². The van der Waals surface area contributed by atoms with Gasteiger partial charge in [-0.3, -0.25) is 4.79 Å². The third kappa shape index (κ3) is 2.47. The number of rotatable bonds is 4. The molecule has 3 rings (SSSR count). The number of carbonyl (C=O) groups is 1. The van der Waals surface area contributed by atoms with Gasteiger partial charge in [-0.2, -0.15) is 0 Å². The molecule has 1 aliphatic heterocycles. The zero-order valence-electron chi connectivity index (χ0n) is 12.0. The smallest absolute Gasteiger partial charge is 0.257 e. The quantitative estimate of drug-likeness (QED) is 0.849. The fourth-order valence-electron chi connectivity index (χ4n) is 3.52. The summed E-state index contributed by atoms with van der Waals surface area (Å²) in [5, 5.41) is 10.2. The zero-order valence-corrected chi connectivity index (χ0v) is 12.0. The number of nitrogens with zero attached hydrogens (tertiary/aromatic N) is 1. The maximum absolute atomic E-state index is 12.3. The van der Waals surface area contributed by atoms with Crippen molar-refractivity contribution in [1.82, 2.24) is 4.90 Å². The van der Waals surface area contributed by atoms with Crippen LogP contribution in [-0.4, -0.2) is 54.4 Å². The van der Waals surface area contributed by atoms with Crippen molar-refractivity contribution in [2.24, 2.45) is 11.1 Å². The number of hydrogen-bond acceptors (Lipinski definition) is 5. The summed E-state index contributed by atoms with van der Waals surface area (Å²) in [4.78, 5) is 14.1. The maximum Gasteiger partial charge on any atom is 0.257 e. The van der Waals surface area contributed by atoms with Gasteiger partial charge in [-0.15, -0.1) is 0 Å². The standard InChI is InChI=1S/C15H22N2O4/c16-4-8-21-13-9-12(18)15(13)2-5-17(6-3-15)14(19)11-1-7-20-10-11/h1,7,10,12-13,18H,2-6,8-9,16H2/t12-,13+/m0/s1. The molecule has 0 bridgehead atoms. The Kier molecular flexibility index (Phi) is 4.01. The molecule has 3 N–H and O–H groups in total. The second kappa shape index (κ2) is 5.79. The van der Waals surface area contributed by atoms with Gasteiger partial charge in [0.15, 0.2) is 0 Å². The molecule has 2 fully saturated rings. The zero-order chi connectivity index (χ0) is 14.9. The molecule has 1 saturated carbocycles. The van der Waals surface area contributed by atoms with E-state index in [9.17, 15) is 9.90 Å². The Morgan fingerprint density at radius 2 is 2.29 bits per heavy atom. The highest BCUT2D eigenvalue weighted by Gasteiger charge is 2.56. The molecule has 21 heavy (non-hydrogen) atoms. The largest absolute Gasteiger partial charge is 0.472 e. The van der Waals surface area contributed by atoms with Gasteiger partial charge in [-0.1, -0.05) is 0 Å². The Bertz CT molecular complexity index is 480. The maximum atomic E-state index is 12.3. The lowest BCUT2D eigenvalue weighted by Crippen LogP contribution is -2.62. The van der Waals surface area contributed by atoms with Crippen molar-refractivity contribution in [3.8, 4) is 0 Å². The number of aliphatic hydroxyl groups is 1. The van der Waals surface area contributed by atoms with Gasteiger partial charge in [0.05, 0.1) is 30.6 Å². The summed E-state index contributed by atoms with van der Waals surface area (Å²) in [5.41, 5.74) is 5.86. The molecule has 1 aromatic heterocycles. The number of amides is 1. The van der Waals surface area contributed by atoms with E-state index in [1.807, 2.05) is 4.90 Å². The fraction of sp³-hybridized carbons (Fsp3) is 0.667. The molecule has 116 valence electrons. The Morgan fingerprint density at radius 3 is 2.86 bits per heavy atom. The molecule has 1 aliphatic carbocycles. The van der Waals surface area contributed by atoms with E-state index in [4.69, 9.17) is 14.9 Å². The van der Waals surface area contributed by atoms with E-state index in [0.29, 0.717) is 38.2 Å². The molecule has 2 atom stereocenters. The number of aliphatic hydroxyl groups excluding tert-OH is 1. The van der Waals surface area contributed by atoms with Gasteiger partial charge in [-0.25, -0.2) is 0 Å². The highest BCUT2D eigenvalue weighted by Crippen LogP contribution is 2.51. The van der Waals surface area contributed by atoms with E-state index in [1.165, 1.54) is 12.5 Å². The molecule has 1 spiro atoms. The second-order valence-corrected chi connectivity index (χ2v) is 5.94. The molecule has 6 heteroatoms. The van der Waals surface area contributed by atoms with Crippen molar-refractivity contribution >= 4 is 5.91 Å². The van der Waals surface area contributed by atoms with Gasteiger partial charge in [0.25, 0.3) is 5.91 Å². The molecular weight excluding hydrogens is 272 g/mol. The number of nitrogens with two attached hydrogens (primary N) is 1. The number of ether oxygens (including phenoxy) is 1. The van der Waals surface area contributed by atoms with Crippen LogP contribution in [0.15, 0.2) is 23.0 Å². The molecule has 2 heterocycles. The van der Waals surface area contributed by atoms with Gasteiger partial charge in [0.1, 0.15) is 6.26 Å². The minimum absolute atomic E-state index is 0.00756. The minimum atomic E-state index is -0.327. The lowest BCUT2D eigenvalue weighted by atomic mass is 9.58. The van der Waals surface area contributed by atoms with Crippen LogP contribution in [0.25, 0.3) is 0 Å². The molecule has 1 aromatic rings. The summed E-state index contributed by atoms with van der Waals surface area (Å²) in [6.07, 6.45) is 4.94. The van der Waals surface area contributed by atoms with Crippen LogP contribution in [0.5, 0.6) is 0 Å². The molecule has 0 aromatic carbocycles. The topological polar surface area (TPSA) is 88.9 Å². The molecule has 6 nitrogen and oxygen atoms in total. The summed E-state index contributed by atoms with van der Waals surface area (Å²) in [5.74, 6) is -0.00756. The van der Waals surface area contributed by atoms with Crippen molar-refractivity contribution in [2.75, 3.05) is 26.2 Å². The number of furan rings is 1. The van der Waals surface area contributed by atoms with Crippen molar-refractivity contribution in [3.63, 3.8) is 0 Å². The summed E-state index contributed by atoms with van der Waals surface area (Å²) >= 11 is 0. The molecule has 2 aliphatic rings. The van der Waals surface area contributed by atoms with Crippen molar-refractivity contribution in [3.05, 3.63) is 24.2 Å². The van der Waals surface area contributed by atoms with Crippen molar-refractivity contribution in [1.29, 1.82) is 0 Å². The second-order valence-electron chi connectivity index (χ2n) is 5.94. The third-order valence-electron chi connectivity index (χ3n) is 4.93. The van der Waals surface area contributed by atoms with E-state index >= 15 is 0 Å². The number of likely N-dealkylation sites (tertiary alicyclic amines) is 1. The predicted molar refractivity (Wildman–Crippen MR) is 75.7 cm³/mol. The first kappa shape index (κ1) is 14.6. The van der Waals surface area contributed by atoms with Crippen molar-refractivity contribution < 1.29 is 19.1 Å². The molecule has 1 saturated heterocycles. The average molecular weight is 294 g/mol. The number of hydrogen-bond donors (Lipinski definition) is 2. The summed E-state index contributed by atoms with van der Waals surface area (Å²) in [6.45, 7) is 2.30. The van der Waals surface area contributed by atoms with E-state index in [0.717, 1.165) is 12.8 Å². The van der Waals surface area contributed by atoms with E-state index in [2.05, 4.69) is 0 Å². The molecule has 0 radical (unpaired) electrons. The first-order valence-corrected chi connectivity index (χ1v) is 7.48. The van der Waals surface area contributed by atoms with E-state index < -0.39 is 0 Å². The SMILES string of the molecule is NCCO[C@@H]1C[C@H](O)C12CCN(C(=O)c1ccoc1)CC2.